The SMILES string of the molecule is Cc1ccc(NC(=O)C2C3C=CC(O3)C2C(=O)O)cc1[N+](=O)[O-]. The maximum atomic E-state index is 12.4. The van der Waals surface area contributed by atoms with Crippen LogP contribution >= 0.6 is 0 Å². The van der Waals surface area contributed by atoms with Crippen LogP contribution in [-0.2, 0) is 14.3 Å². The highest BCUT2D eigenvalue weighted by Gasteiger charge is 2.53. The van der Waals surface area contributed by atoms with Crippen molar-refractivity contribution in [1.29, 1.82) is 0 Å². The third-order valence-electron chi connectivity index (χ3n) is 4.16. The predicted molar refractivity (Wildman–Crippen MR) is 78.9 cm³/mol. The van der Waals surface area contributed by atoms with E-state index in [2.05, 4.69) is 5.32 Å². The number of amides is 1. The Morgan fingerprint density at radius 3 is 2.52 bits per heavy atom. The van der Waals surface area contributed by atoms with E-state index in [4.69, 9.17) is 4.74 Å². The fraction of sp³-hybridized carbons (Fsp3) is 0.333. The first-order valence-electron chi connectivity index (χ1n) is 7.01. The van der Waals surface area contributed by atoms with Crippen LogP contribution in [0, 0.1) is 28.9 Å². The lowest BCUT2D eigenvalue weighted by Crippen LogP contribution is -2.39. The number of carbonyl (C=O) groups is 2. The lowest BCUT2D eigenvalue weighted by molar-refractivity contribution is -0.385. The van der Waals surface area contributed by atoms with Gasteiger partial charge in [0, 0.05) is 17.3 Å². The number of fused-ring (bicyclic) bond motifs is 2. The number of rotatable bonds is 4. The molecule has 0 aliphatic carbocycles. The number of hydrogen-bond acceptors (Lipinski definition) is 5. The summed E-state index contributed by atoms with van der Waals surface area (Å²) in [5.41, 5.74) is 0.618. The van der Waals surface area contributed by atoms with Crippen LogP contribution in [0.3, 0.4) is 0 Å². The highest BCUT2D eigenvalue weighted by atomic mass is 16.6. The Morgan fingerprint density at radius 2 is 1.91 bits per heavy atom. The molecule has 1 aromatic carbocycles. The number of benzene rings is 1. The zero-order chi connectivity index (χ0) is 16.7. The summed E-state index contributed by atoms with van der Waals surface area (Å²) in [7, 11) is 0. The van der Waals surface area contributed by atoms with Crippen LogP contribution in [0.4, 0.5) is 11.4 Å². The second-order valence-corrected chi connectivity index (χ2v) is 5.59. The number of nitrogens with zero attached hydrogens (tertiary/aromatic N) is 1. The van der Waals surface area contributed by atoms with Gasteiger partial charge in [-0.2, -0.15) is 0 Å². The zero-order valence-electron chi connectivity index (χ0n) is 12.1. The first-order chi connectivity index (χ1) is 10.9. The smallest absolute Gasteiger partial charge is 0.310 e. The number of carboxylic acid groups (broad SMARTS) is 1. The second-order valence-electron chi connectivity index (χ2n) is 5.59. The molecule has 8 nitrogen and oxygen atoms in total. The Morgan fingerprint density at radius 1 is 1.26 bits per heavy atom. The molecule has 2 N–H and O–H groups in total. The van der Waals surface area contributed by atoms with Gasteiger partial charge in [-0.05, 0) is 13.0 Å². The van der Waals surface area contributed by atoms with Gasteiger partial charge in [0.2, 0.25) is 5.91 Å². The standard InChI is InChI=1S/C15H14N2O6/c1-7-2-3-8(6-9(7)17(21)22)16-14(18)12-10-4-5-11(23-10)13(12)15(19)20/h2-6,10-13H,1H3,(H,16,18)(H,19,20). The number of anilines is 1. The molecular weight excluding hydrogens is 304 g/mol. The topological polar surface area (TPSA) is 119 Å². The summed E-state index contributed by atoms with van der Waals surface area (Å²) >= 11 is 0. The van der Waals surface area contributed by atoms with Gasteiger partial charge in [0.1, 0.15) is 5.92 Å². The predicted octanol–water partition coefficient (Wildman–Crippen LogP) is 1.50. The molecule has 2 bridgehead atoms. The fourth-order valence-electron chi connectivity index (χ4n) is 3.02. The van der Waals surface area contributed by atoms with Gasteiger partial charge >= 0.3 is 5.97 Å². The third-order valence-corrected chi connectivity index (χ3v) is 4.16. The average Bonchev–Trinajstić information content (AvgIpc) is 3.09. The summed E-state index contributed by atoms with van der Waals surface area (Å²) in [4.78, 5) is 34.2. The minimum atomic E-state index is -1.10. The van der Waals surface area contributed by atoms with E-state index in [0.29, 0.717) is 5.56 Å². The summed E-state index contributed by atoms with van der Waals surface area (Å²) < 4.78 is 5.44. The Labute approximate surface area is 130 Å². The monoisotopic (exact) mass is 318 g/mol. The molecule has 2 aliphatic heterocycles. The largest absolute Gasteiger partial charge is 0.481 e. The van der Waals surface area contributed by atoms with E-state index in [1.165, 1.54) is 12.1 Å². The first-order valence-corrected chi connectivity index (χ1v) is 7.01. The molecule has 120 valence electrons. The number of nitrogens with one attached hydrogen (secondary N) is 1. The molecule has 2 heterocycles. The number of nitro groups is 1. The fourth-order valence-corrected chi connectivity index (χ4v) is 3.02. The second kappa shape index (κ2) is 5.47. The van der Waals surface area contributed by atoms with Crippen molar-refractivity contribution in [2.24, 2.45) is 11.8 Å². The molecule has 1 aromatic rings. The summed E-state index contributed by atoms with van der Waals surface area (Å²) in [6.07, 6.45) is 2.12. The molecule has 3 rings (SSSR count). The molecule has 2 aliphatic rings. The molecule has 1 saturated heterocycles. The lowest BCUT2D eigenvalue weighted by Gasteiger charge is -2.21. The Hall–Kier alpha value is -2.74. The van der Waals surface area contributed by atoms with Crippen molar-refractivity contribution in [3.8, 4) is 0 Å². The van der Waals surface area contributed by atoms with Gasteiger partial charge in [0.25, 0.3) is 5.69 Å². The van der Waals surface area contributed by atoms with Crippen molar-refractivity contribution >= 4 is 23.3 Å². The molecule has 1 amide bonds. The third kappa shape index (κ3) is 2.57. The van der Waals surface area contributed by atoms with Crippen molar-refractivity contribution in [3.05, 3.63) is 46.0 Å². The highest BCUT2D eigenvalue weighted by molar-refractivity contribution is 5.97. The molecular formula is C15H14N2O6. The van der Waals surface area contributed by atoms with Gasteiger partial charge < -0.3 is 15.2 Å². The van der Waals surface area contributed by atoms with Gasteiger partial charge in [-0.25, -0.2) is 0 Å². The molecule has 0 spiro atoms. The first kappa shape index (κ1) is 15.2. The maximum Gasteiger partial charge on any atom is 0.310 e. The number of ether oxygens (including phenoxy) is 1. The summed E-state index contributed by atoms with van der Waals surface area (Å²) in [5.74, 6) is -3.43. The Balaban J connectivity index is 1.82. The molecule has 0 saturated carbocycles. The average molecular weight is 318 g/mol. The van der Waals surface area contributed by atoms with E-state index < -0.39 is 40.8 Å². The molecule has 4 unspecified atom stereocenters. The van der Waals surface area contributed by atoms with Gasteiger partial charge in [0.05, 0.1) is 23.0 Å². The van der Waals surface area contributed by atoms with E-state index in [1.807, 2.05) is 0 Å². The summed E-state index contributed by atoms with van der Waals surface area (Å²) in [6, 6.07) is 4.33. The quantitative estimate of drug-likeness (QED) is 0.493. The van der Waals surface area contributed by atoms with E-state index >= 15 is 0 Å². The minimum absolute atomic E-state index is 0.110. The summed E-state index contributed by atoms with van der Waals surface area (Å²) in [6.45, 7) is 1.60. The van der Waals surface area contributed by atoms with E-state index in [9.17, 15) is 24.8 Å². The molecule has 4 atom stereocenters. The van der Waals surface area contributed by atoms with Crippen molar-refractivity contribution in [2.45, 2.75) is 19.1 Å². The van der Waals surface area contributed by atoms with Crippen LogP contribution < -0.4 is 5.32 Å². The minimum Gasteiger partial charge on any atom is -0.481 e. The summed E-state index contributed by atoms with van der Waals surface area (Å²) in [5, 5.41) is 22.8. The van der Waals surface area contributed by atoms with Crippen LogP contribution in [0.25, 0.3) is 0 Å². The zero-order valence-corrected chi connectivity index (χ0v) is 12.1. The number of carboxylic acids is 1. The number of aliphatic carboxylic acids is 1. The van der Waals surface area contributed by atoms with Gasteiger partial charge in [-0.3, -0.25) is 19.7 Å². The van der Waals surface area contributed by atoms with E-state index in [1.54, 1.807) is 25.1 Å². The van der Waals surface area contributed by atoms with Crippen LogP contribution in [0.2, 0.25) is 0 Å². The van der Waals surface area contributed by atoms with Gasteiger partial charge in [-0.1, -0.05) is 18.2 Å². The normalized spacial score (nSPS) is 27.9. The number of nitro benzene ring substituents is 1. The molecule has 1 fully saturated rings. The van der Waals surface area contributed by atoms with Crippen LogP contribution in [-0.4, -0.2) is 34.1 Å². The highest BCUT2D eigenvalue weighted by Crippen LogP contribution is 2.40. The van der Waals surface area contributed by atoms with Crippen LogP contribution in [0.5, 0.6) is 0 Å². The van der Waals surface area contributed by atoms with Crippen molar-refractivity contribution in [3.63, 3.8) is 0 Å². The van der Waals surface area contributed by atoms with Crippen LogP contribution in [0.1, 0.15) is 5.56 Å². The van der Waals surface area contributed by atoms with Gasteiger partial charge in [0.15, 0.2) is 0 Å². The number of hydrogen-bond donors (Lipinski definition) is 2. The van der Waals surface area contributed by atoms with E-state index in [0.717, 1.165) is 0 Å². The Bertz CT molecular complexity index is 729. The lowest BCUT2D eigenvalue weighted by atomic mass is 9.82. The molecule has 8 heteroatoms. The maximum absolute atomic E-state index is 12.4. The number of carbonyl (C=O) groups excluding carboxylic acids is 1. The molecule has 0 radical (unpaired) electrons. The van der Waals surface area contributed by atoms with Crippen molar-refractivity contribution < 1.29 is 24.4 Å². The van der Waals surface area contributed by atoms with Crippen LogP contribution in [0.15, 0.2) is 30.4 Å². The van der Waals surface area contributed by atoms with Crippen molar-refractivity contribution in [1.82, 2.24) is 0 Å². The Kier molecular flexibility index (Phi) is 3.61. The van der Waals surface area contributed by atoms with E-state index in [-0.39, 0.29) is 11.4 Å². The molecule has 23 heavy (non-hydrogen) atoms. The van der Waals surface area contributed by atoms with Gasteiger partial charge in [-0.15, -0.1) is 0 Å². The molecule has 0 aromatic heterocycles. The number of aryl methyl sites for hydroxylation is 1. The van der Waals surface area contributed by atoms with Crippen molar-refractivity contribution in [2.75, 3.05) is 5.32 Å².